The quantitative estimate of drug-likeness (QED) is 0.665. The molecule has 10 heteroatoms. The lowest BCUT2D eigenvalue weighted by molar-refractivity contribution is 0.0529. The molecule has 124 valence electrons. The van der Waals surface area contributed by atoms with Gasteiger partial charge in [-0.2, -0.15) is 15.6 Å². The van der Waals surface area contributed by atoms with Crippen molar-refractivity contribution < 1.29 is 9.53 Å². The molecule has 0 aliphatic heterocycles. The number of aromatic nitrogens is 4. The second kappa shape index (κ2) is 6.95. The van der Waals surface area contributed by atoms with Gasteiger partial charge in [0.1, 0.15) is 28.6 Å². The summed E-state index contributed by atoms with van der Waals surface area (Å²) in [6, 6.07) is 3.97. The Balaban J connectivity index is 2.06. The zero-order chi connectivity index (χ0) is 17.8. The van der Waals surface area contributed by atoms with E-state index in [-0.39, 0.29) is 24.4 Å². The monoisotopic (exact) mass is 353 g/mol. The lowest BCUT2D eigenvalue weighted by Crippen LogP contribution is -2.05. The van der Waals surface area contributed by atoms with Crippen LogP contribution in [-0.2, 0) is 11.2 Å². The van der Waals surface area contributed by atoms with E-state index in [1.54, 1.807) is 12.3 Å². The topological polar surface area (TPSA) is 140 Å². The van der Waals surface area contributed by atoms with Crippen molar-refractivity contribution in [2.45, 2.75) is 13.3 Å². The molecule has 3 aromatic rings. The highest BCUT2D eigenvalue weighted by Gasteiger charge is 2.20. The first-order valence-electron chi connectivity index (χ1n) is 7.20. The first-order chi connectivity index (χ1) is 12.2. The van der Waals surface area contributed by atoms with Crippen LogP contribution in [0.15, 0.2) is 11.7 Å². The van der Waals surface area contributed by atoms with Gasteiger partial charge in [0.2, 0.25) is 0 Å². The first kappa shape index (κ1) is 16.4. The lowest BCUT2D eigenvalue weighted by atomic mass is 10.2. The zero-order valence-electron chi connectivity index (χ0n) is 13.0. The average Bonchev–Trinajstić information content (AvgIpc) is 3.20. The summed E-state index contributed by atoms with van der Waals surface area (Å²) < 4.78 is 5.05. The Morgan fingerprint density at radius 1 is 1.40 bits per heavy atom. The van der Waals surface area contributed by atoms with Crippen LogP contribution < -0.4 is 5.32 Å². The molecule has 9 nitrogen and oxygen atoms in total. The van der Waals surface area contributed by atoms with Crippen LogP contribution in [0.3, 0.4) is 0 Å². The van der Waals surface area contributed by atoms with Gasteiger partial charge in [0.05, 0.1) is 35.7 Å². The number of H-pyrrole nitrogens is 1. The van der Waals surface area contributed by atoms with Crippen LogP contribution in [-0.4, -0.2) is 32.7 Å². The van der Waals surface area contributed by atoms with E-state index in [0.29, 0.717) is 27.3 Å². The molecule has 3 heterocycles. The number of fused-ring (bicyclic) bond motifs is 1. The molecule has 0 saturated carbocycles. The summed E-state index contributed by atoms with van der Waals surface area (Å²) in [5, 5.41) is 29.9. The summed E-state index contributed by atoms with van der Waals surface area (Å²) in [5.41, 5.74) is 0.978. The summed E-state index contributed by atoms with van der Waals surface area (Å²) in [7, 11) is 0. The molecule has 0 amide bonds. The minimum atomic E-state index is -0.473. The molecule has 25 heavy (non-hydrogen) atoms. The van der Waals surface area contributed by atoms with E-state index >= 15 is 0 Å². The highest BCUT2D eigenvalue weighted by Crippen LogP contribution is 2.32. The number of nitrogens with zero attached hydrogens (tertiary/aromatic N) is 5. The Morgan fingerprint density at radius 2 is 2.24 bits per heavy atom. The number of esters is 1. The summed E-state index contributed by atoms with van der Waals surface area (Å²) in [4.78, 5) is 21.0. The number of hydrogen-bond acceptors (Lipinski definition) is 9. The van der Waals surface area contributed by atoms with Crippen molar-refractivity contribution in [2.75, 3.05) is 11.9 Å². The van der Waals surface area contributed by atoms with Crippen LogP contribution in [0.25, 0.3) is 10.2 Å². The highest BCUT2D eigenvalue weighted by atomic mass is 32.1. The third-order valence-corrected chi connectivity index (χ3v) is 4.20. The van der Waals surface area contributed by atoms with Gasteiger partial charge >= 0.3 is 5.97 Å². The SMILES string of the molecule is CCOC(=O)c1csc2ncnc(Nc3n[nH]c(CC#N)c3C#N)c12. The van der Waals surface area contributed by atoms with Crippen LogP contribution in [0.5, 0.6) is 0 Å². The highest BCUT2D eigenvalue weighted by molar-refractivity contribution is 7.17. The largest absolute Gasteiger partial charge is 0.462 e. The number of carbonyl (C=O) groups excluding carboxylic acids is 1. The zero-order valence-corrected chi connectivity index (χ0v) is 13.8. The molecule has 0 aromatic carbocycles. The van der Waals surface area contributed by atoms with Gasteiger partial charge in [0.25, 0.3) is 0 Å². The Morgan fingerprint density at radius 3 is 2.96 bits per heavy atom. The third kappa shape index (κ3) is 2.98. The minimum Gasteiger partial charge on any atom is -0.462 e. The predicted octanol–water partition coefficient (Wildman–Crippen LogP) is 2.27. The van der Waals surface area contributed by atoms with E-state index in [0.717, 1.165) is 0 Å². The number of rotatable bonds is 5. The van der Waals surface area contributed by atoms with E-state index in [2.05, 4.69) is 25.5 Å². The molecule has 2 N–H and O–H groups in total. The number of nitrogens with one attached hydrogen (secondary N) is 2. The number of nitriles is 2. The van der Waals surface area contributed by atoms with Crippen LogP contribution in [0.2, 0.25) is 0 Å². The Bertz CT molecular complexity index is 1020. The fraction of sp³-hybridized carbons (Fsp3) is 0.200. The molecule has 0 atom stereocenters. The molecule has 0 fully saturated rings. The fourth-order valence-corrected chi connectivity index (χ4v) is 3.11. The number of thiophene rings is 1. The molecule has 0 bridgehead atoms. The summed E-state index contributed by atoms with van der Waals surface area (Å²) >= 11 is 1.29. The molecule has 3 rings (SSSR count). The molecule has 0 radical (unpaired) electrons. The van der Waals surface area contributed by atoms with Crippen LogP contribution in [0.4, 0.5) is 11.6 Å². The van der Waals surface area contributed by atoms with Gasteiger partial charge in [0.15, 0.2) is 5.82 Å². The standard InChI is InChI=1S/C15H11N7O2S/c1-2-24-15(23)9-6-25-14-11(9)13(18-7-19-14)20-12-8(5-17)10(3-4-16)21-22-12/h6-7H,2-3H2,1H3,(H2,18,19,20,21,22). The third-order valence-electron chi connectivity index (χ3n) is 3.31. The normalized spacial score (nSPS) is 10.2. The van der Waals surface area contributed by atoms with Crippen molar-refractivity contribution in [1.82, 2.24) is 20.2 Å². The van der Waals surface area contributed by atoms with Gasteiger partial charge in [-0.05, 0) is 6.92 Å². The van der Waals surface area contributed by atoms with E-state index < -0.39 is 5.97 Å². The summed E-state index contributed by atoms with van der Waals surface area (Å²) in [6.45, 7) is 1.98. The molecule has 0 saturated heterocycles. The molecule has 0 aliphatic carbocycles. The number of carbonyl (C=O) groups is 1. The second-order valence-corrected chi connectivity index (χ2v) is 5.63. The molecule has 0 spiro atoms. The van der Waals surface area contributed by atoms with Crippen LogP contribution in [0, 0.1) is 22.7 Å². The number of anilines is 2. The van der Waals surface area contributed by atoms with Gasteiger partial charge < -0.3 is 10.1 Å². The van der Waals surface area contributed by atoms with E-state index in [1.807, 2.05) is 12.1 Å². The predicted molar refractivity (Wildman–Crippen MR) is 89.3 cm³/mol. The molecule has 3 aromatic heterocycles. The summed E-state index contributed by atoms with van der Waals surface area (Å²) in [6.07, 6.45) is 1.38. The fourth-order valence-electron chi connectivity index (χ4n) is 2.24. The Labute approximate surface area is 145 Å². The van der Waals surface area contributed by atoms with Crippen molar-refractivity contribution in [2.24, 2.45) is 0 Å². The number of aromatic amines is 1. The van der Waals surface area contributed by atoms with E-state index in [1.165, 1.54) is 17.7 Å². The van der Waals surface area contributed by atoms with E-state index in [9.17, 15) is 10.1 Å². The van der Waals surface area contributed by atoms with Crippen molar-refractivity contribution in [1.29, 1.82) is 10.5 Å². The Kier molecular flexibility index (Phi) is 4.55. The van der Waals surface area contributed by atoms with Gasteiger partial charge in [-0.3, -0.25) is 5.10 Å². The molecule has 0 unspecified atom stereocenters. The average molecular weight is 353 g/mol. The van der Waals surface area contributed by atoms with Crippen molar-refractivity contribution in [3.63, 3.8) is 0 Å². The number of hydrogen-bond donors (Lipinski definition) is 2. The van der Waals surface area contributed by atoms with Gasteiger partial charge in [-0.25, -0.2) is 14.8 Å². The molecule has 0 aliphatic rings. The van der Waals surface area contributed by atoms with Crippen molar-refractivity contribution >= 4 is 39.2 Å². The number of ether oxygens (including phenoxy) is 1. The van der Waals surface area contributed by atoms with Gasteiger partial charge in [0, 0.05) is 5.38 Å². The maximum absolute atomic E-state index is 12.1. The van der Waals surface area contributed by atoms with Crippen LogP contribution in [0.1, 0.15) is 28.5 Å². The van der Waals surface area contributed by atoms with Crippen molar-refractivity contribution in [3.8, 4) is 12.1 Å². The molecular weight excluding hydrogens is 342 g/mol. The van der Waals surface area contributed by atoms with Gasteiger partial charge in [-0.15, -0.1) is 11.3 Å². The minimum absolute atomic E-state index is 0.0310. The Hall–Kier alpha value is -3.50. The van der Waals surface area contributed by atoms with Crippen LogP contribution >= 0.6 is 11.3 Å². The van der Waals surface area contributed by atoms with E-state index in [4.69, 9.17) is 10.00 Å². The maximum atomic E-state index is 12.1. The first-order valence-corrected chi connectivity index (χ1v) is 8.08. The maximum Gasteiger partial charge on any atom is 0.339 e. The van der Waals surface area contributed by atoms with Crippen molar-refractivity contribution in [3.05, 3.63) is 28.5 Å². The molecular formula is C15H11N7O2S. The smallest absolute Gasteiger partial charge is 0.339 e. The second-order valence-electron chi connectivity index (χ2n) is 4.77. The van der Waals surface area contributed by atoms with Gasteiger partial charge in [-0.1, -0.05) is 0 Å². The summed E-state index contributed by atoms with van der Waals surface area (Å²) in [5.74, 6) is 0.0915. The lowest BCUT2D eigenvalue weighted by Gasteiger charge is -2.06.